The molecule has 0 aliphatic rings. The predicted octanol–water partition coefficient (Wildman–Crippen LogP) is 1.77. The van der Waals surface area contributed by atoms with Crippen LogP contribution in [0.4, 0.5) is 13.2 Å². The number of hydrogen-bond donors (Lipinski definition) is 1. The van der Waals surface area contributed by atoms with E-state index in [9.17, 15) is 18.0 Å². The van der Waals surface area contributed by atoms with Crippen molar-refractivity contribution < 1.29 is 18.0 Å². The first-order valence-electron chi connectivity index (χ1n) is 5.34. The second kappa shape index (κ2) is 6.08. The number of alkyl halides is 3. The van der Waals surface area contributed by atoms with Crippen molar-refractivity contribution in [1.82, 2.24) is 4.90 Å². The molecular weight excluding hydrogens is 221 g/mol. The first kappa shape index (κ1) is 15.2. The number of halogens is 3. The number of nitrogens with two attached hydrogens (primary N) is 1. The molecule has 2 atom stereocenters. The van der Waals surface area contributed by atoms with Gasteiger partial charge in [-0.2, -0.15) is 13.2 Å². The van der Waals surface area contributed by atoms with E-state index in [0.717, 1.165) is 4.90 Å². The van der Waals surface area contributed by atoms with Crippen molar-refractivity contribution >= 4 is 5.91 Å². The third-order valence-electron chi connectivity index (χ3n) is 2.61. The summed E-state index contributed by atoms with van der Waals surface area (Å²) in [4.78, 5) is 12.4. The van der Waals surface area contributed by atoms with E-state index in [1.165, 1.54) is 6.92 Å². The van der Waals surface area contributed by atoms with E-state index in [1.807, 2.05) is 6.92 Å². The van der Waals surface area contributed by atoms with Crippen LogP contribution in [0.5, 0.6) is 0 Å². The van der Waals surface area contributed by atoms with Crippen molar-refractivity contribution in [2.45, 2.75) is 39.4 Å². The molecule has 3 nitrogen and oxygen atoms in total. The van der Waals surface area contributed by atoms with Gasteiger partial charge in [-0.1, -0.05) is 20.3 Å². The molecule has 2 N–H and O–H groups in total. The van der Waals surface area contributed by atoms with Gasteiger partial charge < -0.3 is 10.6 Å². The number of carbonyl (C=O) groups excluding carboxylic acids is 1. The van der Waals surface area contributed by atoms with E-state index < -0.39 is 24.7 Å². The van der Waals surface area contributed by atoms with Crippen LogP contribution < -0.4 is 5.73 Å². The second-order valence-corrected chi connectivity index (χ2v) is 3.88. The van der Waals surface area contributed by atoms with Gasteiger partial charge in [-0.15, -0.1) is 0 Å². The Morgan fingerprint density at radius 2 is 1.88 bits per heavy atom. The number of hydrogen-bond acceptors (Lipinski definition) is 2. The quantitative estimate of drug-likeness (QED) is 0.796. The Bertz CT molecular complexity index is 231. The van der Waals surface area contributed by atoms with Gasteiger partial charge in [0.1, 0.15) is 6.54 Å². The van der Waals surface area contributed by atoms with Crippen molar-refractivity contribution in [3.05, 3.63) is 0 Å². The van der Waals surface area contributed by atoms with Gasteiger partial charge in [0.15, 0.2) is 0 Å². The zero-order chi connectivity index (χ0) is 12.9. The number of likely N-dealkylation sites (N-methyl/N-ethyl adjacent to an activating group) is 1. The van der Waals surface area contributed by atoms with Crippen molar-refractivity contribution in [3.8, 4) is 0 Å². The molecule has 0 aromatic rings. The van der Waals surface area contributed by atoms with Gasteiger partial charge in [0.05, 0.1) is 6.04 Å². The molecule has 16 heavy (non-hydrogen) atoms. The molecule has 0 rings (SSSR count). The number of nitrogens with zero attached hydrogens (tertiary/aromatic N) is 1. The Morgan fingerprint density at radius 3 is 2.19 bits per heavy atom. The van der Waals surface area contributed by atoms with E-state index in [-0.39, 0.29) is 12.5 Å². The van der Waals surface area contributed by atoms with Crippen LogP contribution in [-0.4, -0.2) is 36.1 Å². The van der Waals surface area contributed by atoms with E-state index in [2.05, 4.69) is 0 Å². The summed E-state index contributed by atoms with van der Waals surface area (Å²) < 4.78 is 36.5. The Morgan fingerprint density at radius 1 is 1.38 bits per heavy atom. The molecule has 0 aliphatic carbocycles. The lowest BCUT2D eigenvalue weighted by atomic mass is 9.99. The van der Waals surface area contributed by atoms with Crippen LogP contribution in [0.1, 0.15) is 27.2 Å². The average Bonchev–Trinajstić information content (AvgIpc) is 2.21. The number of rotatable bonds is 5. The Hall–Kier alpha value is -0.780. The number of carbonyl (C=O) groups is 1. The second-order valence-electron chi connectivity index (χ2n) is 3.88. The molecule has 0 aromatic heterocycles. The summed E-state index contributed by atoms with van der Waals surface area (Å²) in [6, 6.07) is -0.854. The largest absolute Gasteiger partial charge is 0.406 e. The lowest BCUT2D eigenvalue weighted by Gasteiger charge is -2.27. The molecule has 0 bridgehead atoms. The summed E-state index contributed by atoms with van der Waals surface area (Å²) >= 11 is 0. The lowest BCUT2D eigenvalue weighted by molar-refractivity contribution is -0.162. The Kier molecular flexibility index (Phi) is 5.78. The Labute approximate surface area is 93.8 Å². The molecule has 0 radical (unpaired) electrons. The van der Waals surface area contributed by atoms with Gasteiger partial charge in [-0.3, -0.25) is 4.79 Å². The van der Waals surface area contributed by atoms with Crippen LogP contribution in [0.15, 0.2) is 0 Å². The maximum Gasteiger partial charge on any atom is 0.406 e. The van der Waals surface area contributed by atoms with Gasteiger partial charge in [0.2, 0.25) is 5.91 Å². The zero-order valence-electron chi connectivity index (χ0n) is 9.84. The molecule has 0 aliphatic heterocycles. The summed E-state index contributed by atoms with van der Waals surface area (Å²) in [5, 5.41) is 0. The van der Waals surface area contributed by atoms with Crippen LogP contribution in [0.2, 0.25) is 0 Å². The monoisotopic (exact) mass is 240 g/mol. The summed E-state index contributed by atoms with van der Waals surface area (Å²) in [5.74, 6) is -0.746. The third kappa shape index (κ3) is 4.83. The fraction of sp³-hybridized carbons (Fsp3) is 0.900. The molecule has 0 saturated heterocycles. The minimum absolute atomic E-state index is 0.0163. The minimum Gasteiger partial charge on any atom is -0.333 e. The predicted molar refractivity (Wildman–Crippen MR) is 55.7 cm³/mol. The number of amides is 1. The first-order valence-corrected chi connectivity index (χ1v) is 5.34. The minimum atomic E-state index is -4.37. The molecule has 6 heteroatoms. The van der Waals surface area contributed by atoms with Crippen molar-refractivity contribution in [2.75, 3.05) is 13.1 Å². The Balaban J connectivity index is 4.53. The molecule has 0 aromatic carbocycles. The van der Waals surface area contributed by atoms with Crippen LogP contribution in [0.3, 0.4) is 0 Å². The average molecular weight is 240 g/mol. The van der Waals surface area contributed by atoms with Crippen molar-refractivity contribution in [3.63, 3.8) is 0 Å². The van der Waals surface area contributed by atoms with Crippen LogP contribution in [0, 0.1) is 5.92 Å². The molecule has 0 spiro atoms. The lowest BCUT2D eigenvalue weighted by Crippen LogP contribution is -2.49. The van der Waals surface area contributed by atoms with Crippen molar-refractivity contribution in [2.24, 2.45) is 11.7 Å². The molecule has 0 fully saturated rings. The molecule has 0 saturated carbocycles. The van der Waals surface area contributed by atoms with Crippen LogP contribution in [-0.2, 0) is 4.79 Å². The van der Waals surface area contributed by atoms with Gasteiger partial charge in [0.25, 0.3) is 0 Å². The maximum absolute atomic E-state index is 12.2. The SMILES string of the molecule is CC[C@H](C)[C@H](N)C(=O)N(CC)CC(F)(F)F. The molecule has 0 heterocycles. The van der Waals surface area contributed by atoms with E-state index in [1.54, 1.807) is 6.92 Å². The van der Waals surface area contributed by atoms with E-state index in [0.29, 0.717) is 6.42 Å². The van der Waals surface area contributed by atoms with Gasteiger partial charge in [-0.05, 0) is 12.8 Å². The van der Waals surface area contributed by atoms with Crippen LogP contribution in [0.25, 0.3) is 0 Å². The highest BCUT2D eigenvalue weighted by molar-refractivity contribution is 5.82. The topological polar surface area (TPSA) is 46.3 Å². The molecule has 0 unspecified atom stereocenters. The van der Waals surface area contributed by atoms with Gasteiger partial charge >= 0.3 is 6.18 Å². The van der Waals surface area contributed by atoms with Crippen molar-refractivity contribution in [1.29, 1.82) is 0 Å². The zero-order valence-corrected chi connectivity index (χ0v) is 9.84. The normalized spacial score (nSPS) is 15.7. The van der Waals surface area contributed by atoms with E-state index >= 15 is 0 Å². The third-order valence-corrected chi connectivity index (χ3v) is 2.61. The summed E-state index contributed by atoms with van der Waals surface area (Å²) in [7, 11) is 0. The molecular formula is C10H19F3N2O. The summed E-state index contributed by atoms with van der Waals surface area (Å²) in [6.45, 7) is 3.89. The molecule has 1 amide bonds. The van der Waals surface area contributed by atoms with Gasteiger partial charge in [0, 0.05) is 6.54 Å². The highest BCUT2D eigenvalue weighted by Gasteiger charge is 2.34. The fourth-order valence-electron chi connectivity index (χ4n) is 1.27. The smallest absolute Gasteiger partial charge is 0.333 e. The summed E-state index contributed by atoms with van der Waals surface area (Å²) in [5.41, 5.74) is 5.61. The first-order chi connectivity index (χ1) is 7.22. The van der Waals surface area contributed by atoms with Crippen LogP contribution >= 0.6 is 0 Å². The highest BCUT2D eigenvalue weighted by Crippen LogP contribution is 2.18. The maximum atomic E-state index is 12.2. The molecule has 96 valence electrons. The fourth-order valence-corrected chi connectivity index (χ4v) is 1.27. The van der Waals surface area contributed by atoms with E-state index in [4.69, 9.17) is 5.73 Å². The highest BCUT2D eigenvalue weighted by atomic mass is 19.4. The summed E-state index contributed by atoms with van der Waals surface area (Å²) in [6.07, 6.45) is -3.71. The van der Waals surface area contributed by atoms with Gasteiger partial charge in [-0.25, -0.2) is 0 Å². The standard InChI is InChI=1S/C10H19F3N2O/c1-4-7(3)8(14)9(16)15(5-2)6-10(11,12)13/h7-8H,4-6,14H2,1-3H3/t7-,8-/m0/s1.